The molecule has 0 heterocycles. The zero-order valence-corrected chi connectivity index (χ0v) is 8.82. The highest BCUT2D eigenvalue weighted by molar-refractivity contribution is 5.79. The van der Waals surface area contributed by atoms with E-state index < -0.39 is 5.97 Å². The van der Waals surface area contributed by atoms with Crippen molar-refractivity contribution in [2.75, 3.05) is 27.3 Å². The van der Waals surface area contributed by atoms with E-state index in [0.29, 0.717) is 6.61 Å². The Hall–Kier alpha value is -1.10. The maximum atomic E-state index is 11.5. The zero-order valence-electron chi connectivity index (χ0n) is 8.82. The number of methoxy groups -OCH3 is 1. The van der Waals surface area contributed by atoms with Gasteiger partial charge < -0.3 is 14.7 Å². The molecule has 5 heteroatoms. The Morgan fingerprint density at radius 3 is 2.50 bits per heavy atom. The van der Waals surface area contributed by atoms with Gasteiger partial charge in [-0.3, -0.25) is 9.59 Å². The fraction of sp³-hybridized carbons (Fsp3) is 0.778. The first-order valence-corrected chi connectivity index (χ1v) is 4.44. The number of carbonyl (C=O) groups excluding carboxylic acids is 1. The van der Waals surface area contributed by atoms with Crippen molar-refractivity contribution in [3.63, 3.8) is 0 Å². The fourth-order valence-electron chi connectivity index (χ4n) is 1.07. The molecule has 0 fully saturated rings. The van der Waals surface area contributed by atoms with Crippen LogP contribution in [-0.2, 0) is 14.3 Å². The number of carbonyl (C=O) groups is 2. The van der Waals surface area contributed by atoms with Crippen LogP contribution in [0.5, 0.6) is 0 Å². The first-order chi connectivity index (χ1) is 6.49. The predicted octanol–water partition coefficient (Wildman–Crippen LogP) is 0.202. The quantitative estimate of drug-likeness (QED) is 0.669. The molecule has 0 aliphatic rings. The number of hydrogen-bond acceptors (Lipinski definition) is 3. The first-order valence-electron chi connectivity index (χ1n) is 4.44. The van der Waals surface area contributed by atoms with Gasteiger partial charge in [-0.1, -0.05) is 6.92 Å². The number of hydrogen-bond donors (Lipinski definition) is 1. The maximum Gasteiger partial charge on any atom is 0.305 e. The topological polar surface area (TPSA) is 66.8 Å². The molecule has 0 aromatic carbocycles. The minimum atomic E-state index is -0.899. The minimum absolute atomic E-state index is 0.0259. The van der Waals surface area contributed by atoms with E-state index in [1.54, 1.807) is 14.0 Å². The van der Waals surface area contributed by atoms with Gasteiger partial charge in [-0.15, -0.1) is 0 Å². The van der Waals surface area contributed by atoms with Crippen LogP contribution >= 0.6 is 0 Å². The molecule has 1 atom stereocenters. The molecule has 0 spiro atoms. The average Bonchev–Trinajstić information content (AvgIpc) is 2.13. The molecule has 0 aromatic heterocycles. The lowest BCUT2D eigenvalue weighted by Crippen LogP contribution is -2.35. The number of nitrogens with zero attached hydrogens (tertiary/aromatic N) is 1. The summed E-state index contributed by atoms with van der Waals surface area (Å²) >= 11 is 0. The third-order valence-corrected chi connectivity index (χ3v) is 1.88. The van der Waals surface area contributed by atoms with E-state index in [0.717, 1.165) is 0 Å². The molecule has 0 aliphatic carbocycles. The third-order valence-electron chi connectivity index (χ3n) is 1.88. The van der Waals surface area contributed by atoms with Crippen LogP contribution in [0.2, 0.25) is 0 Å². The van der Waals surface area contributed by atoms with Crippen LogP contribution in [0.25, 0.3) is 0 Å². The average molecular weight is 203 g/mol. The number of amides is 1. The summed E-state index contributed by atoms with van der Waals surface area (Å²) in [5.74, 6) is -1.21. The summed E-state index contributed by atoms with van der Waals surface area (Å²) in [4.78, 5) is 23.2. The smallest absolute Gasteiger partial charge is 0.305 e. The van der Waals surface area contributed by atoms with Crippen molar-refractivity contribution in [2.45, 2.75) is 13.3 Å². The summed E-state index contributed by atoms with van der Waals surface area (Å²) in [6.07, 6.45) is -0.0259. The van der Waals surface area contributed by atoms with Crippen molar-refractivity contribution < 1.29 is 19.4 Å². The van der Waals surface area contributed by atoms with Gasteiger partial charge in [0.2, 0.25) is 5.91 Å². The number of aliphatic carboxylic acids is 1. The Bertz CT molecular complexity index is 205. The summed E-state index contributed by atoms with van der Waals surface area (Å²) in [5, 5.41) is 8.42. The molecule has 0 radical (unpaired) electrons. The lowest BCUT2D eigenvalue weighted by atomic mass is 10.1. The van der Waals surface area contributed by atoms with E-state index in [-0.39, 0.29) is 24.8 Å². The van der Waals surface area contributed by atoms with Gasteiger partial charge in [0.15, 0.2) is 0 Å². The highest BCUT2D eigenvalue weighted by atomic mass is 16.5. The lowest BCUT2D eigenvalue weighted by molar-refractivity contribution is -0.139. The first kappa shape index (κ1) is 12.9. The number of rotatable bonds is 6. The van der Waals surface area contributed by atoms with Gasteiger partial charge in [0, 0.05) is 20.7 Å². The molecule has 0 saturated heterocycles. The van der Waals surface area contributed by atoms with E-state index in [1.165, 1.54) is 12.0 Å². The molecule has 0 bridgehead atoms. The van der Waals surface area contributed by atoms with Crippen LogP contribution < -0.4 is 0 Å². The van der Waals surface area contributed by atoms with E-state index in [1.807, 2.05) is 0 Å². The van der Waals surface area contributed by atoms with Gasteiger partial charge in [-0.05, 0) is 0 Å². The molecule has 82 valence electrons. The van der Waals surface area contributed by atoms with Crippen molar-refractivity contribution in [1.82, 2.24) is 4.90 Å². The highest BCUT2D eigenvalue weighted by Crippen LogP contribution is 2.01. The Morgan fingerprint density at radius 2 is 2.07 bits per heavy atom. The van der Waals surface area contributed by atoms with Gasteiger partial charge in [0.1, 0.15) is 0 Å². The fourth-order valence-corrected chi connectivity index (χ4v) is 1.07. The predicted molar refractivity (Wildman–Crippen MR) is 50.9 cm³/mol. The van der Waals surface area contributed by atoms with Crippen LogP contribution in [0, 0.1) is 5.92 Å². The Balaban J connectivity index is 3.91. The minimum Gasteiger partial charge on any atom is -0.481 e. The molecule has 1 N–H and O–H groups in total. The highest BCUT2D eigenvalue weighted by Gasteiger charge is 2.17. The zero-order chi connectivity index (χ0) is 11.1. The van der Waals surface area contributed by atoms with Gasteiger partial charge in [0.05, 0.1) is 18.9 Å². The van der Waals surface area contributed by atoms with E-state index >= 15 is 0 Å². The molecule has 0 saturated carbocycles. The summed E-state index contributed by atoms with van der Waals surface area (Å²) in [6.45, 7) is 2.35. The van der Waals surface area contributed by atoms with E-state index in [2.05, 4.69) is 0 Å². The second-order valence-corrected chi connectivity index (χ2v) is 3.26. The van der Waals surface area contributed by atoms with Crippen molar-refractivity contribution in [1.29, 1.82) is 0 Å². The summed E-state index contributed by atoms with van der Waals surface area (Å²) in [6, 6.07) is 0. The van der Waals surface area contributed by atoms with Gasteiger partial charge >= 0.3 is 5.97 Å². The molecule has 1 amide bonds. The van der Waals surface area contributed by atoms with Crippen LogP contribution in [0.15, 0.2) is 0 Å². The normalized spacial score (nSPS) is 12.2. The molecule has 0 rings (SSSR count). The second-order valence-electron chi connectivity index (χ2n) is 3.26. The standard InChI is InChI=1S/C9H17NO4/c1-7(6-14-3)9(13)10(2)5-4-8(11)12/h7H,4-6H2,1-3H3,(H,11,12). The Morgan fingerprint density at radius 1 is 1.50 bits per heavy atom. The third kappa shape index (κ3) is 4.81. The SMILES string of the molecule is COCC(C)C(=O)N(C)CCC(=O)O. The largest absolute Gasteiger partial charge is 0.481 e. The van der Waals surface area contributed by atoms with Crippen molar-refractivity contribution in [2.24, 2.45) is 5.92 Å². The van der Waals surface area contributed by atoms with Crippen molar-refractivity contribution in [3.05, 3.63) is 0 Å². The molecule has 14 heavy (non-hydrogen) atoms. The maximum absolute atomic E-state index is 11.5. The molecule has 0 aliphatic heterocycles. The number of ether oxygens (including phenoxy) is 1. The Labute approximate surface area is 83.6 Å². The number of carboxylic acids is 1. The molecular weight excluding hydrogens is 186 g/mol. The number of carboxylic acid groups (broad SMARTS) is 1. The Kier molecular flexibility index (Phi) is 5.87. The summed E-state index contributed by atoms with van der Waals surface area (Å²) < 4.78 is 4.84. The van der Waals surface area contributed by atoms with Crippen molar-refractivity contribution >= 4 is 11.9 Å². The molecule has 5 nitrogen and oxygen atoms in total. The molecular formula is C9H17NO4. The van der Waals surface area contributed by atoms with Crippen LogP contribution in [0.4, 0.5) is 0 Å². The summed E-state index contributed by atoms with van der Waals surface area (Å²) in [7, 11) is 3.12. The molecule has 0 aromatic rings. The van der Waals surface area contributed by atoms with Crippen molar-refractivity contribution in [3.8, 4) is 0 Å². The molecule has 1 unspecified atom stereocenters. The summed E-state index contributed by atoms with van der Waals surface area (Å²) in [5.41, 5.74) is 0. The van der Waals surface area contributed by atoms with Gasteiger partial charge in [0.25, 0.3) is 0 Å². The van der Waals surface area contributed by atoms with Gasteiger partial charge in [-0.25, -0.2) is 0 Å². The van der Waals surface area contributed by atoms with E-state index in [4.69, 9.17) is 9.84 Å². The van der Waals surface area contributed by atoms with E-state index in [9.17, 15) is 9.59 Å². The van der Waals surface area contributed by atoms with Gasteiger partial charge in [-0.2, -0.15) is 0 Å². The van der Waals surface area contributed by atoms with Crippen LogP contribution in [0.3, 0.4) is 0 Å². The van der Waals surface area contributed by atoms with Crippen LogP contribution in [-0.4, -0.2) is 49.2 Å². The second kappa shape index (κ2) is 6.37. The monoisotopic (exact) mass is 203 g/mol. The van der Waals surface area contributed by atoms with Crippen LogP contribution in [0.1, 0.15) is 13.3 Å². The lowest BCUT2D eigenvalue weighted by Gasteiger charge is -2.20.